The average molecular weight is 348 g/mol. The third-order valence-corrected chi connectivity index (χ3v) is 3.33. The minimum absolute atomic E-state index is 0.140. The minimum Gasteiger partial charge on any atom is -0.354 e. The molecule has 0 unspecified atom stereocenters. The number of aromatic nitrogens is 1. The number of benzene rings is 1. The highest BCUT2D eigenvalue weighted by Crippen LogP contribution is 2.18. The van der Waals surface area contributed by atoms with E-state index in [1.54, 1.807) is 12.3 Å². The number of rotatable bonds is 5. The van der Waals surface area contributed by atoms with Crippen LogP contribution in [0.25, 0.3) is 0 Å². The van der Waals surface area contributed by atoms with E-state index in [4.69, 9.17) is 0 Å². The van der Waals surface area contributed by atoms with E-state index in [1.807, 2.05) is 30.3 Å². The third-order valence-electron chi connectivity index (χ3n) is 2.80. The normalized spacial score (nSPS) is 10.5. The van der Waals surface area contributed by atoms with Crippen LogP contribution in [0.2, 0.25) is 0 Å². The van der Waals surface area contributed by atoms with E-state index < -0.39 is 0 Å². The van der Waals surface area contributed by atoms with Gasteiger partial charge in [0.25, 0.3) is 5.91 Å². The zero-order chi connectivity index (χ0) is 15.2. The van der Waals surface area contributed by atoms with Crippen LogP contribution in [0.3, 0.4) is 0 Å². The maximum Gasteiger partial charge on any atom is 0.269 e. The third kappa shape index (κ3) is 4.86. The summed E-state index contributed by atoms with van der Waals surface area (Å²) in [7, 11) is 0. The Bertz CT molecular complexity index is 594. The molecular weight excluding hydrogens is 330 g/mol. The van der Waals surface area contributed by atoms with Crippen LogP contribution in [0.15, 0.2) is 47.1 Å². The lowest BCUT2D eigenvalue weighted by atomic mass is 10.2. The van der Waals surface area contributed by atoms with Crippen LogP contribution in [0.1, 0.15) is 24.3 Å². The molecule has 5 heteroatoms. The van der Waals surface area contributed by atoms with Gasteiger partial charge in [0.15, 0.2) is 0 Å². The molecule has 0 saturated carbocycles. The van der Waals surface area contributed by atoms with Crippen LogP contribution in [-0.4, -0.2) is 17.4 Å². The molecule has 0 atom stereocenters. The molecule has 1 heterocycles. The number of nitrogens with zero attached hydrogens (tertiary/aromatic N) is 1. The predicted molar refractivity (Wildman–Crippen MR) is 88.8 cm³/mol. The van der Waals surface area contributed by atoms with E-state index in [1.165, 1.54) is 0 Å². The van der Waals surface area contributed by atoms with Crippen LogP contribution in [0.4, 0.5) is 11.4 Å². The van der Waals surface area contributed by atoms with Crippen molar-refractivity contribution in [3.63, 3.8) is 0 Å². The SMILES string of the molecule is CC(C)CNC(=O)c1ccc(Nc2ccc(Br)cc2)cn1. The monoisotopic (exact) mass is 347 g/mol. The van der Waals surface area contributed by atoms with Crippen molar-refractivity contribution >= 4 is 33.2 Å². The van der Waals surface area contributed by atoms with Gasteiger partial charge in [-0.1, -0.05) is 29.8 Å². The first-order valence-electron chi connectivity index (χ1n) is 6.81. The lowest BCUT2D eigenvalue weighted by molar-refractivity contribution is 0.0944. The first-order chi connectivity index (χ1) is 10.0. The molecule has 0 spiro atoms. The first-order valence-corrected chi connectivity index (χ1v) is 7.61. The van der Waals surface area contributed by atoms with Crippen molar-refractivity contribution in [3.05, 3.63) is 52.8 Å². The Balaban J connectivity index is 1.98. The van der Waals surface area contributed by atoms with Crippen molar-refractivity contribution in [1.82, 2.24) is 10.3 Å². The van der Waals surface area contributed by atoms with Crippen molar-refractivity contribution in [2.75, 3.05) is 11.9 Å². The van der Waals surface area contributed by atoms with Gasteiger partial charge in [0.2, 0.25) is 0 Å². The van der Waals surface area contributed by atoms with E-state index >= 15 is 0 Å². The molecule has 0 aliphatic rings. The molecule has 0 aliphatic heterocycles. The highest BCUT2D eigenvalue weighted by atomic mass is 79.9. The summed E-state index contributed by atoms with van der Waals surface area (Å²) in [4.78, 5) is 16.0. The zero-order valence-electron chi connectivity index (χ0n) is 12.1. The highest BCUT2D eigenvalue weighted by Gasteiger charge is 2.07. The molecule has 2 rings (SSSR count). The second-order valence-electron chi connectivity index (χ2n) is 5.17. The predicted octanol–water partition coefficient (Wildman–Crippen LogP) is 3.97. The van der Waals surface area contributed by atoms with Gasteiger partial charge in [-0.25, -0.2) is 4.98 Å². The Morgan fingerprint density at radius 1 is 1.14 bits per heavy atom. The van der Waals surface area contributed by atoms with Gasteiger partial charge in [-0.2, -0.15) is 0 Å². The topological polar surface area (TPSA) is 54.0 Å². The molecule has 1 amide bonds. The fraction of sp³-hybridized carbons (Fsp3) is 0.250. The van der Waals surface area contributed by atoms with Gasteiger partial charge < -0.3 is 10.6 Å². The number of hydrogen-bond acceptors (Lipinski definition) is 3. The number of amides is 1. The van der Waals surface area contributed by atoms with Crippen molar-refractivity contribution < 1.29 is 4.79 Å². The fourth-order valence-electron chi connectivity index (χ4n) is 1.69. The van der Waals surface area contributed by atoms with Gasteiger partial charge in [-0.15, -0.1) is 0 Å². The Hall–Kier alpha value is -1.88. The summed E-state index contributed by atoms with van der Waals surface area (Å²) in [5.74, 6) is 0.284. The summed E-state index contributed by atoms with van der Waals surface area (Å²) in [6.07, 6.45) is 1.66. The van der Waals surface area contributed by atoms with Crippen LogP contribution >= 0.6 is 15.9 Å². The van der Waals surface area contributed by atoms with Gasteiger partial charge in [-0.05, 0) is 42.3 Å². The van der Waals surface area contributed by atoms with Gasteiger partial charge in [-0.3, -0.25) is 4.79 Å². The Morgan fingerprint density at radius 3 is 2.38 bits per heavy atom. The maximum atomic E-state index is 11.9. The molecule has 0 radical (unpaired) electrons. The van der Waals surface area contributed by atoms with E-state index in [0.29, 0.717) is 18.2 Å². The quantitative estimate of drug-likeness (QED) is 0.860. The van der Waals surface area contributed by atoms with Crippen LogP contribution in [0, 0.1) is 5.92 Å². The number of carbonyl (C=O) groups is 1. The van der Waals surface area contributed by atoms with Crippen LogP contribution in [0.5, 0.6) is 0 Å². The molecule has 2 N–H and O–H groups in total. The van der Waals surface area contributed by atoms with Crippen LogP contribution < -0.4 is 10.6 Å². The molecule has 110 valence electrons. The van der Waals surface area contributed by atoms with Crippen molar-refractivity contribution in [2.45, 2.75) is 13.8 Å². The highest BCUT2D eigenvalue weighted by molar-refractivity contribution is 9.10. The molecular formula is C16H18BrN3O. The van der Waals surface area contributed by atoms with E-state index in [9.17, 15) is 4.79 Å². The van der Waals surface area contributed by atoms with E-state index in [-0.39, 0.29) is 5.91 Å². The molecule has 0 saturated heterocycles. The summed E-state index contributed by atoms with van der Waals surface area (Å²) in [5.41, 5.74) is 2.24. The number of nitrogens with one attached hydrogen (secondary N) is 2. The molecule has 1 aromatic carbocycles. The number of carbonyl (C=O) groups excluding carboxylic acids is 1. The van der Waals surface area contributed by atoms with Crippen LogP contribution in [-0.2, 0) is 0 Å². The van der Waals surface area contributed by atoms with Gasteiger partial charge in [0.05, 0.1) is 11.9 Å². The van der Waals surface area contributed by atoms with Crippen molar-refractivity contribution in [2.24, 2.45) is 5.92 Å². The molecule has 0 bridgehead atoms. The second-order valence-corrected chi connectivity index (χ2v) is 6.08. The van der Waals surface area contributed by atoms with E-state index in [2.05, 4.69) is 45.4 Å². The average Bonchev–Trinajstić information content (AvgIpc) is 2.48. The number of pyridine rings is 1. The molecule has 21 heavy (non-hydrogen) atoms. The number of hydrogen-bond donors (Lipinski definition) is 2. The maximum absolute atomic E-state index is 11.9. The van der Waals surface area contributed by atoms with Gasteiger partial charge in [0.1, 0.15) is 5.69 Å². The van der Waals surface area contributed by atoms with Gasteiger partial charge >= 0.3 is 0 Å². The lowest BCUT2D eigenvalue weighted by Crippen LogP contribution is -2.27. The Kier molecular flexibility index (Phi) is 5.33. The second kappa shape index (κ2) is 7.22. The summed E-state index contributed by atoms with van der Waals surface area (Å²) >= 11 is 3.40. The van der Waals surface area contributed by atoms with Gasteiger partial charge in [0, 0.05) is 16.7 Å². The summed E-state index contributed by atoms with van der Waals surface area (Å²) in [6.45, 7) is 4.76. The Morgan fingerprint density at radius 2 is 1.81 bits per heavy atom. The molecule has 2 aromatic rings. The van der Waals surface area contributed by atoms with E-state index in [0.717, 1.165) is 15.8 Å². The molecule has 4 nitrogen and oxygen atoms in total. The lowest BCUT2D eigenvalue weighted by Gasteiger charge is -2.09. The summed E-state index contributed by atoms with van der Waals surface area (Å²) in [5, 5.41) is 6.08. The molecule has 0 aliphatic carbocycles. The van der Waals surface area contributed by atoms with Crippen molar-refractivity contribution in [3.8, 4) is 0 Å². The zero-order valence-corrected chi connectivity index (χ0v) is 13.6. The molecule has 1 aromatic heterocycles. The molecule has 0 fully saturated rings. The first kappa shape index (κ1) is 15.5. The standard InChI is InChI=1S/C16H18BrN3O/c1-11(2)9-19-16(21)15-8-7-14(10-18-15)20-13-5-3-12(17)4-6-13/h3-8,10-11,20H,9H2,1-2H3,(H,19,21). The smallest absolute Gasteiger partial charge is 0.269 e. The number of halogens is 1. The summed E-state index contributed by atoms with van der Waals surface area (Å²) in [6, 6.07) is 11.4. The van der Waals surface area contributed by atoms with Crippen molar-refractivity contribution in [1.29, 1.82) is 0 Å². The largest absolute Gasteiger partial charge is 0.354 e. The minimum atomic E-state index is -0.140. The number of anilines is 2. The fourth-order valence-corrected chi connectivity index (χ4v) is 1.95. The summed E-state index contributed by atoms with van der Waals surface area (Å²) < 4.78 is 1.03. The Labute approximate surface area is 133 Å².